The van der Waals surface area contributed by atoms with Crippen molar-refractivity contribution >= 4 is 23.1 Å². The molecule has 0 spiro atoms. The summed E-state index contributed by atoms with van der Waals surface area (Å²) in [7, 11) is 1.21. The third-order valence-corrected chi connectivity index (χ3v) is 6.79. The third-order valence-electron chi connectivity index (χ3n) is 6.79. The number of carbonyl (C=O) groups is 2. The molecular formula is C23H21F6N7O3. The van der Waals surface area contributed by atoms with Crippen LogP contribution in [0, 0.1) is 5.92 Å². The molecule has 0 radical (unpaired) electrons. The molecule has 2 fully saturated rings. The second-order valence-corrected chi connectivity index (χ2v) is 9.43. The Morgan fingerprint density at radius 1 is 1.18 bits per heavy atom. The largest absolute Gasteiger partial charge is 0.480 e. The van der Waals surface area contributed by atoms with E-state index < -0.39 is 71.8 Å². The van der Waals surface area contributed by atoms with Crippen LogP contribution in [0.2, 0.25) is 0 Å². The monoisotopic (exact) mass is 557 g/mol. The molecule has 1 saturated heterocycles. The van der Waals surface area contributed by atoms with Crippen molar-refractivity contribution in [3.8, 4) is 17.1 Å². The van der Waals surface area contributed by atoms with Gasteiger partial charge in [0.25, 0.3) is 5.91 Å². The number of methoxy groups -OCH3 is 1. The number of nitrogens with zero attached hydrogens (tertiary/aromatic N) is 5. The number of amides is 2. The molecule has 1 aliphatic heterocycles. The van der Waals surface area contributed by atoms with Gasteiger partial charge in [0, 0.05) is 37.1 Å². The summed E-state index contributed by atoms with van der Waals surface area (Å²) < 4.78 is 88.1. The topological polar surface area (TPSA) is 128 Å². The van der Waals surface area contributed by atoms with E-state index in [1.807, 2.05) is 0 Å². The molecule has 1 aliphatic carbocycles. The number of aromatic nitrogens is 4. The van der Waals surface area contributed by atoms with Crippen molar-refractivity contribution in [3.05, 3.63) is 35.8 Å². The van der Waals surface area contributed by atoms with E-state index in [1.165, 1.54) is 13.2 Å². The van der Waals surface area contributed by atoms with Crippen LogP contribution in [-0.2, 0) is 11.0 Å². The van der Waals surface area contributed by atoms with Crippen molar-refractivity contribution < 1.29 is 40.7 Å². The fourth-order valence-electron chi connectivity index (χ4n) is 4.83. The van der Waals surface area contributed by atoms with Gasteiger partial charge < -0.3 is 20.7 Å². The lowest BCUT2D eigenvalue weighted by atomic mass is 9.80. The summed E-state index contributed by atoms with van der Waals surface area (Å²) in [4.78, 5) is 34.3. The molecule has 2 amide bonds. The number of rotatable bonds is 5. The Morgan fingerprint density at radius 2 is 1.90 bits per heavy atom. The van der Waals surface area contributed by atoms with Crippen LogP contribution in [0.25, 0.3) is 16.8 Å². The summed E-state index contributed by atoms with van der Waals surface area (Å²) in [5.41, 5.74) is 3.80. The number of hydrogen-bond acceptors (Lipinski definition) is 7. The van der Waals surface area contributed by atoms with Crippen LogP contribution < -0.4 is 15.8 Å². The first kappa shape index (κ1) is 26.5. The first-order valence-electron chi connectivity index (χ1n) is 11.6. The van der Waals surface area contributed by atoms with Gasteiger partial charge in [0.2, 0.25) is 17.7 Å². The lowest BCUT2D eigenvalue weighted by Gasteiger charge is -2.36. The van der Waals surface area contributed by atoms with Crippen LogP contribution in [0.1, 0.15) is 28.8 Å². The smallest absolute Gasteiger partial charge is 0.418 e. The Kier molecular flexibility index (Phi) is 6.30. The molecule has 4 heterocycles. The van der Waals surface area contributed by atoms with Crippen molar-refractivity contribution in [1.82, 2.24) is 29.8 Å². The molecule has 5 rings (SSSR count). The van der Waals surface area contributed by atoms with Crippen molar-refractivity contribution in [1.29, 1.82) is 0 Å². The Hall–Kier alpha value is -4.11. The van der Waals surface area contributed by atoms with Crippen LogP contribution in [0.4, 0.5) is 32.2 Å². The maximum absolute atomic E-state index is 14.7. The van der Waals surface area contributed by atoms with Crippen molar-refractivity contribution in [2.45, 2.75) is 37.2 Å². The fraction of sp³-hybridized carbons (Fsp3) is 0.435. The number of halogens is 6. The minimum absolute atomic E-state index is 0.0375. The molecule has 3 N–H and O–H groups in total. The maximum Gasteiger partial charge on any atom is 0.418 e. The Bertz CT molecular complexity index is 1450. The number of fused-ring (bicyclic) bond motifs is 1. The van der Waals surface area contributed by atoms with E-state index in [2.05, 4.69) is 20.4 Å². The van der Waals surface area contributed by atoms with Gasteiger partial charge in [-0.1, -0.05) is 0 Å². The minimum Gasteiger partial charge on any atom is -0.480 e. The van der Waals surface area contributed by atoms with Gasteiger partial charge in [-0.05, 0) is 12.1 Å². The van der Waals surface area contributed by atoms with Gasteiger partial charge in [0.15, 0.2) is 5.82 Å². The SMILES string of the molecule is COc1ncc(-c2cc(C(F)(F)F)c3c(N)ncnn23)cc1C(=O)N[C@@H]1CN(C(=O)C2CC(F)(F)C2)C[C@@H]1F. The van der Waals surface area contributed by atoms with Gasteiger partial charge in [0.05, 0.1) is 31.0 Å². The van der Waals surface area contributed by atoms with Gasteiger partial charge in [-0.15, -0.1) is 0 Å². The number of nitrogens with two attached hydrogens (primary N) is 1. The highest BCUT2D eigenvalue weighted by Gasteiger charge is 2.51. The second-order valence-electron chi connectivity index (χ2n) is 9.43. The van der Waals surface area contributed by atoms with E-state index in [0.717, 1.165) is 28.0 Å². The van der Waals surface area contributed by atoms with E-state index in [0.29, 0.717) is 0 Å². The molecule has 39 heavy (non-hydrogen) atoms. The Labute approximate surface area is 216 Å². The highest BCUT2D eigenvalue weighted by molar-refractivity contribution is 5.98. The number of pyridine rings is 1. The van der Waals surface area contributed by atoms with Crippen molar-refractivity contribution in [2.75, 3.05) is 25.9 Å². The number of alkyl halides is 6. The summed E-state index contributed by atoms with van der Waals surface area (Å²) in [6, 6.07) is 0.824. The zero-order chi connectivity index (χ0) is 28.3. The van der Waals surface area contributed by atoms with E-state index in [-0.39, 0.29) is 35.8 Å². The highest BCUT2D eigenvalue weighted by Crippen LogP contribution is 2.43. The molecule has 2 aliphatic rings. The third kappa shape index (κ3) is 4.78. The zero-order valence-electron chi connectivity index (χ0n) is 20.2. The zero-order valence-corrected chi connectivity index (χ0v) is 20.2. The minimum atomic E-state index is -4.79. The molecule has 0 aromatic carbocycles. The Balaban J connectivity index is 1.41. The molecule has 0 bridgehead atoms. The normalized spacial score (nSPS) is 21.2. The van der Waals surface area contributed by atoms with Gasteiger partial charge in [-0.25, -0.2) is 27.7 Å². The molecule has 1 saturated carbocycles. The van der Waals surface area contributed by atoms with Crippen LogP contribution >= 0.6 is 0 Å². The predicted molar refractivity (Wildman–Crippen MR) is 123 cm³/mol. The van der Waals surface area contributed by atoms with Crippen molar-refractivity contribution in [2.24, 2.45) is 5.92 Å². The number of anilines is 1. The van der Waals surface area contributed by atoms with Gasteiger partial charge in [0.1, 0.15) is 23.6 Å². The van der Waals surface area contributed by atoms with Crippen LogP contribution in [0.15, 0.2) is 24.7 Å². The molecule has 16 heteroatoms. The number of nitrogen functional groups attached to an aromatic ring is 1. The van der Waals surface area contributed by atoms with Gasteiger partial charge in [-0.2, -0.15) is 18.3 Å². The molecule has 208 valence electrons. The fourth-order valence-corrected chi connectivity index (χ4v) is 4.83. The lowest BCUT2D eigenvalue weighted by molar-refractivity contribution is -0.159. The van der Waals surface area contributed by atoms with Gasteiger partial charge >= 0.3 is 6.18 Å². The van der Waals surface area contributed by atoms with Crippen LogP contribution in [0.5, 0.6) is 5.88 Å². The lowest BCUT2D eigenvalue weighted by Crippen LogP contribution is -2.47. The molecule has 0 unspecified atom stereocenters. The second kappa shape index (κ2) is 9.27. The molecule has 3 aromatic rings. The quantitative estimate of drug-likeness (QED) is 0.462. The average molecular weight is 557 g/mol. The van der Waals surface area contributed by atoms with E-state index >= 15 is 0 Å². The number of likely N-dealkylation sites (tertiary alicyclic amines) is 1. The summed E-state index contributed by atoms with van der Waals surface area (Å²) in [6.07, 6.45) is -5.54. The predicted octanol–water partition coefficient (Wildman–Crippen LogP) is 2.72. The van der Waals surface area contributed by atoms with Gasteiger partial charge in [-0.3, -0.25) is 9.59 Å². The summed E-state index contributed by atoms with van der Waals surface area (Å²) in [6.45, 7) is -0.615. The number of hydrogen-bond donors (Lipinski definition) is 2. The molecular weight excluding hydrogens is 536 g/mol. The van der Waals surface area contributed by atoms with Crippen LogP contribution in [-0.4, -0.2) is 74.6 Å². The molecule has 2 atom stereocenters. The van der Waals surface area contributed by atoms with E-state index in [9.17, 15) is 35.9 Å². The summed E-state index contributed by atoms with van der Waals surface area (Å²) >= 11 is 0. The summed E-state index contributed by atoms with van der Waals surface area (Å²) in [5, 5.41) is 6.30. The average Bonchev–Trinajstić information content (AvgIpc) is 3.43. The standard InChI is InChI=1S/C23H21F6N7O3/c1-39-20-12(19(37)34-15-8-35(7-14(15)24)21(38)11-4-22(25,26)5-11)2-10(6-31-20)16-3-13(23(27,28)29)17-18(30)32-9-33-36(16)17/h2-3,6,9,11,14-15H,4-5,7-8H2,1H3,(H,34,37)(H2,30,32,33)/t14-,15+/m0/s1. The molecule has 10 nitrogen and oxygen atoms in total. The van der Waals surface area contributed by atoms with Crippen molar-refractivity contribution in [3.63, 3.8) is 0 Å². The van der Waals surface area contributed by atoms with Crippen LogP contribution in [0.3, 0.4) is 0 Å². The highest BCUT2D eigenvalue weighted by atomic mass is 19.4. The maximum atomic E-state index is 14.7. The van der Waals surface area contributed by atoms with E-state index in [4.69, 9.17) is 10.5 Å². The number of ether oxygens (including phenoxy) is 1. The first-order valence-corrected chi connectivity index (χ1v) is 11.6. The Morgan fingerprint density at radius 3 is 2.54 bits per heavy atom. The molecule has 3 aromatic heterocycles. The summed E-state index contributed by atoms with van der Waals surface area (Å²) in [5.74, 6) is -5.91. The van der Waals surface area contributed by atoms with E-state index in [1.54, 1.807) is 0 Å². The number of nitrogens with one attached hydrogen (secondary N) is 1. The number of carbonyl (C=O) groups excluding carboxylic acids is 2. The first-order chi connectivity index (χ1) is 18.3.